The Bertz CT molecular complexity index is 1330. The summed E-state index contributed by atoms with van der Waals surface area (Å²) in [5.41, 5.74) is 1.92. The molecule has 7 heteroatoms. The van der Waals surface area contributed by atoms with Crippen LogP contribution in [-0.4, -0.2) is 40.5 Å². The summed E-state index contributed by atoms with van der Waals surface area (Å²) in [7, 11) is 0. The Morgan fingerprint density at radius 2 is 1.68 bits per heavy atom. The predicted octanol–water partition coefficient (Wildman–Crippen LogP) is 7.95. The summed E-state index contributed by atoms with van der Waals surface area (Å²) in [6.07, 6.45) is 6.53. The van der Waals surface area contributed by atoms with Crippen LogP contribution < -0.4 is 4.74 Å². The molecule has 0 radical (unpaired) electrons. The van der Waals surface area contributed by atoms with Crippen molar-refractivity contribution in [2.75, 3.05) is 0 Å². The molecule has 0 aromatic heterocycles. The number of rotatable bonds is 6. The first-order chi connectivity index (χ1) is 20.6. The maximum Gasteiger partial charge on any atom is 0.339 e. The minimum absolute atomic E-state index is 0.0473. The van der Waals surface area contributed by atoms with E-state index in [-0.39, 0.29) is 46.1 Å². The van der Waals surface area contributed by atoms with E-state index in [0.717, 1.165) is 35.7 Å². The molecule has 4 aliphatic rings. The SMILES string of the molecule is CC(=O)O[C@H]1C[C@@]2(C)[C@@H](C[C@@H](O)[C@H]3[C@@]4(C)CC[C@@H](O)[C@@H](C)[C@@H]4CC[C@@]32C)/C1=C(\CCC=C(C)C)C(=O)Oc1ccc(Br)cc1. The van der Waals surface area contributed by atoms with Gasteiger partial charge in [0.2, 0.25) is 0 Å². The Kier molecular flexibility index (Phi) is 9.36. The molecule has 10 atom stereocenters. The van der Waals surface area contributed by atoms with Gasteiger partial charge in [-0.25, -0.2) is 4.79 Å². The van der Waals surface area contributed by atoms with Crippen LogP contribution in [0.5, 0.6) is 5.75 Å². The van der Waals surface area contributed by atoms with E-state index >= 15 is 0 Å². The Morgan fingerprint density at radius 3 is 2.32 bits per heavy atom. The van der Waals surface area contributed by atoms with Gasteiger partial charge in [0.15, 0.2) is 0 Å². The first-order valence-corrected chi connectivity index (χ1v) is 17.3. The van der Waals surface area contributed by atoms with Crippen LogP contribution in [0.1, 0.15) is 99.8 Å². The third-order valence-corrected chi connectivity index (χ3v) is 13.1. The highest BCUT2D eigenvalue weighted by Gasteiger charge is 2.70. The van der Waals surface area contributed by atoms with Gasteiger partial charge in [0.25, 0.3) is 0 Å². The second-order valence-electron chi connectivity index (χ2n) is 15.2. The largest absolute Gasteiger partial charge is 0.458 e. The summed E-state index contributed by atoms with van der Waals surface area (Å²) >= 11 is 3.45. The third-order valence-electron chi connectivity index (χ3n) is 12.6. The van der Waals surface area contributed by atoms with E-state index in [1.165, 1.54) is 12.5 Å². The fraction of sp³-hybridized carbons (Fsp3) is 0.676. The number of esters is 2. The van der Waals surface area contributed by atoms with Gasteiger partial charge in [0.05, 0.1) is 12.2 Å². The molecule has 4 fully saturated rings. The van der Waals surface area contributed by atoms with Gasteiger partial charge in [-0.2, -0.15) is 0 Å². The molecule has 1 aromatic rings. The fourth-order valence-corrected chi connectivity index (χ4v) is 10.7. The average Bonchev–Trinajstić information content (AvgIpc) is 3.21. The van der Waals surface area contributed by atoms with Crippen molar-refractivity contribution in [2.45, 2.75) is 118 Å². The van der Waals surface area contributed by atoms with Gasteiger partial charge in [-0.05, 0) is 135 Å². The molecule has 4 saturated carbocycles. The number of carbonyl (C=O) groups excluding carboxylic acids is 2. The van der Waals surface area contributed by atoms with E-state index in [4.69, 9.17) is 9.47 Å². The Hall–Kier alpha value is -1.96. The van der Waals surface area contributed by atoms with Gasteiger partial charge >= 0.3 is 11.9 Å². The number of aliphatic hydroxyl groups excluding tert-OH is 2. The van der Waals surface area contributed by atoms with Gasteiger partial charge < -0.3 is 19.7 Å². The normalized spacial score (nSPS) is 40.6. The van der Waals surface area contributed by atoms with Crippen LogP contribution in [0, 0.1) is 39.9 Å². The fourth-order valence-electron chi connectivity index (χ4n) is 10.4. The van der Waals surface area contributed by atoms with Crippen LogP contribution >= 0.6 is 15.9 Å². The molecule has 0 aliphatic heterocycles. The minimum Gasteiger partial charge on any atom is -0.458 e. The maximum atomic E-state index is 14.1. The Labute approximate surface area is 271 Å². The lowest BCUT2D eigenvalue weighted by Crippen LogP contribution is -2.65. The number of hydrogen-bond acceptors (Lipinski definition) is 6. The standard InChI is InChI=1S/C37H51BrO6/c1-21(2)9-8-10-26(34(42)44-25-13-11-24(38)12-14-25)32-28-19-30(41)33-35(5)17-16-29(40)22(3)27(35)15-18-36(33,6)37(28,7)20-31(32)43-23(4)39/h9,11-14,22,27-31,33,40-41H,8,10,15-20H2,1-7H3/b32-26-/t22-,27-,28-,29+,30+,31-,33-,35-,36-,37-/m0/s1. The highest BCUT2D eigenvalue weighted by Crippen LogP contribution is 2.74. The quantitative estimate of drug-likeness (QED) is 0.138. The van der Waals surface area contributed by atoms with Gasteiger partial charge in [0, 0.05) is 17.0 Å². The molecule has 0 unspecified atom stereocenters. The number of carbonyl (C=O) groups is 2. The zero-order valence-electron chi connectivity index (χ0n) is 27.5. The number of fused-ring (bicyclic) bond motifs is 5. The molecule has 5 rings (SSSR count). The summed E-state index contributed by atoms with van der Waals surface area (Å²) in [6, 6.07) is 7.21. The monoisotopic (exact) mass is 670 g/mol. The maximum absolute atomic E-state index is 14.1. The third kappa shape index (κ3) is 5.64. The minimum atomic E-state index is -0.569. The van der Waals surface area contributed by atoms with E-state index in [1.807, 2.05) is 26.0 Å². The van der Waals surface area contributed by atoms with Crippen LogP contribution in [-0.2, 0) is 14.3 Å². The lowest BCUT2D eigenvalue weighted by Gasteiger charge is -2.69. The molecule has 0 amide bonds. The van der Waals surface area contributed by atoms with E-state index in [0.29, 0.717) is 42.9 Å². The first-order valence-electron chi connectivity index (χ1n) is 16.5. The second kappa shape index (κ2) is 12.3. The average molecular weight is 672 g/mol. The van der Waals surface area contributed by atoms with E-state index in [9.17, 15) is 19.8 Å². The van der Waals surface area contributed by atoms with Crippen LogP contribution in [0.2, 0.25) is 0 Å². The van der Waals surface area contributed by atoms with Crippen LogP contribution in [0.3, 0.4) is 0 Å². The van der Waals surface area contributed by atoms with Gasteiger partial charge in [0.1, 0.15) is 11.9 Å². The smallest absolute Gasteiger partial charge is 0.339 e. The molecule has 0 heterocycles. The number of allylic oxidation sites excluding steroid dienone is 2. The van der Waals surface area contributed by atoms with Crippen molar-refractivity contribution < 1.29 is 29.3 Å². The van der Waals surface area contributed by atoms with Crippen molar-refractivity contribution in [3.8, 4) is 5.75 Å². The number of halogens is 1. The van der Waals surface area contributed by atoms with Crippen molar-refractivity contribution in [1.82, 2.24) is 0 Å². The zero-order valence-corrected chi connectivity index (χ0v) is 29.1. The van der Waals surface area contributed by atoms with Gasteiger partial charge in [-0.1, -0.05) is 55.3 Å². The van der Waals surface area contributed by atoms with E-state index < -0.39 is 18.2 Å². The number of aliphatic hydroxyl groups is 2. The topological polar surface area (TPSA) is 93.1 Å². The van der Waals surface area contributed by atoms with Crippen LogP contribution in [0.25, 0.3) is 0 Å². The molecule has 2 N–H and O–H groups in total. The molecule has 6 nitrogen and oxygen atoms in total. The molecule has 0 spiro atoms. The molecule has 0 saturated heterocycles. The Morgan fingerprint density at radius 1 is 1.00 bits per heavy atom. The molecule has 1 aromatic carbocycles. The summed E-state index contributed by atoms with van der Waals surface area (Å²) in [6.45, 7) is 14.7. The summed E-state index contributed by atoms with van der Waals surface area (Å²) in [5.74, 6) is 0.129. The van der Waals surface area contributed by atoms with Crippen molar-refractivity contribution >= 4 is 27.9 Å². The van der Waals surface area contributed by atoms with Gasteiger partial charge in [-0.15, -0.1) is 0 Å². The van der Waals surface area contributed by atoms with E-state index in [1.54, 1.807) is 12.1 Å². The van der Waals surface area contributed by atoms with E-state index in [2.05, 4.69) is 49.7 Å². The molecule has 44 heavy (non-hydrogen) atoms. The van der Waals surface area contributed by atoms with Crippen molar-refractivity contribution in [1.29, 1.82) is 0 Å². The second-order valence-corrected chi connectivity index (χ2v) is 16.1. The predicted molar refractivity (Wildman–Crippen MR) is 175 cm³/mol. The molecule has 4 aliphatic carbocycles. The lowest BCUT2D eigenvalue weighted by atomic mass is 9.36. The van der Waals surface area contributed by atoms with Crippen LogP contribution in [0.15, 0.2) is 51.5 Å². The van der Waals surface area contributed by atoms with Gasteiger partial charge in [-0.3, -0.25) is 4.79 Å². The number of benzene rings is 1. The highest BCUT2D eigenvalue weighted by molar-refractivity contribution is 9.10. The molecule has 242 valence electrons. The van der Waals surface area contributed by atoms with Crippen molar-refractivity contribution in [2.24, 2.45) is 39.9 Å². The van der Waals surface area contributed by atoms with Crippen molar-refractivity contribution in [3.63, 3.8) is 0 Å². The summed E-state index contributed by atoms with van der Waals surface area (Å²) in [5, 5.41) is 23.0. The number of hydrogen-bond donors (Lipinski definition) is 2. The highest BCUT2D eigenvalue weighted by atomic mass is 79.9. The summed E-state index contributed by atoms with van der Waals surface area (Å²) in [4.78, 5) is 26.6. The first kappa shape index (κ1) is 33.4. The summed E-state index contributed by atoms with van der Waals surface area (Å²) < 4.78 is 13.0. The lowest BCUT2D eigenvalue weighted by molar-refractivity contribution is -0.234. The van der Waals surface area contributed by atoms with Crippen molar-refractivity contribution in [3.05, 3.63) is 51.5 Å². The molecule has 0 bridgehead atoms. The molecular weight excluding hydrogens is 620 g/mol. The van der Waals surface area contributed by atoms with Crippen LogP contribution in [0.4, 0.5) is 0 Å². The molecular formula is C37H51BrO6. The zero-order chi connectivity index (χ0) is 32.2. The number of ether oxygens (including phenoxy) is 2. The Balaban J connectivity index is 1.61.